The second kappa shape index (κ2) is 10.9. The highest BCUT2D eigenvalue weighted by Gasteiger charge is 2.45. The first-order chi connectivity index (χ1) is 21.8. The lowest BCUT2D eigenvalue weighted by molar-refractivity contribution is 0.768. The van der Waals surface area contributed by atoms with Crippen molar-refractivity contribution in [1.82, 2.24) is 0 Å². The fourth-order valence-electron chi connectivity index (χ4n) is 7.00. The zero-order valence-electron chi connectivity index (χ0n) is 24.3. The maximum atomic E-state index is 3.82. The van der Waals surface area contributed by atoms with Crippen molar-refractivity contribution in [3.8, 4) is 33.4 Å². The first-order valence-corrected chi connectivity index (χ1v) is 15.2. The van der Waals surface area contributed by atoms with Crippen molar-refractivity contribution in [1.29, 1.82) is 0 Å². The molecule has 0 aromatic heterocycles. The Balaban J connectivity index is 1.28. The standard InChI is InChI=1S/C43H31N/c1-5-15-31(16-6-1)33-25-28-42(38(29-33)32-17-7-2-8-18-32)44-36-26-27-41-39(30-36)37-23-13-14-24-40(37)43(41,34-19-9-3-10-20-34)35-21-11-4-12-22-35/h1-30,44H. The molecule has 0 spiro atoms. The Morgan fingerprint density at radius 1 is 0.341 bits per heavy atom. The SMILES string of the molecule is c1ccc(-c2ccc(Nc3ccc4c(c3)-c3ccccc3C4(c3ccccc3)c3ccccc3)c(-c3ccccc3)c2)cc1. The zero-order chi connectivity index (χ0) is 29.3. The molecule has 0 saturated carbocycles. The van der Waals surface area contributed by atoms with Crippen LogP contribution in [-0.2, 0) is 5.41 Å². The molecule has 1 aliphatic carbocycles. The summed E-state index contributed by atoms with van der Waals surface area (Å²) in [6.45, 7) is 0. The summed E-state index contributed by atoms with van der Waals surface area (Å²) in [7, 11) is 0. The molecule has 208 valence electrons. The molecule has 7 aromatic rings. The largest absolute Gasteiger partial charge is 0.355 e. The highest BCUT2D eigenvalue weighted by atomic mass is 14.9. The third-order valence-electron chi connectivity index (χ3n) is 8.95. The quantitative estimate of drug-likeness (QED) is 0.213. The lowest BCUT2D eigenvalue weighted by atomic mass is 9.68. The Labute approximate surface area is 259 Å². The van der Waals surface area contributed by atoms with Gasteiger partial charge in [-0.3, -0.25) is 0 Å². The fraction of sp³-hybridized carbons (Fsp3) is 0.0233. The van der Waals surface area contributed by atoms with Crippen LogP contribution in [0.4, 0.5) is 11.4 Å². The van der Waals surface area contributed by atoms with Crippen LogP contribution in [0.1, 0.15) is 22.3 Å². The van der Waals surface area contributed by atoms with Crippen LogP contribution >= 0.6 is 0 Å². The lowest BCUT2D eigenvalue weighted by Gasteiger charge is -2.33. The van der Waals surface area contributed by atoms with Crippen molar-refractivity contribution in [2.75, 3.05) is 5.32 Å². The van der Waals surface area contributed by atoms with Crippen LogP contribution in [0.2, 0.25) is 0 Å². The molecule has 7 aromatic carbocycles. The van der Waals surface area contributed by atoms with Gasteiger partial charge in [0.25, 0.3) is 0 Å². The molecule has 0 unspecified atom stereocenters. The van der Waals surface area contributed by atoms with Crippen molar-refractivity contribution >= 4 is 11.4 Å². The van der Waals surface area contributed by atoms with Crippen LogP contribution in [-0.4, -0.2) is 0 Å². The third kappa shape index (κ3) is 4.25. The third-order valence-corrected chi connectivity index (χ3v) is 8.95. The van der Waals surface area contributed by atoms with E-state index in [1.165, 1.54) is 55.6 Å². The van der Waals surface area contributed by atoms with Crippen molar-refractivity contribution in [2.45, 2.75) is 5.41 Å². The Bertz CT molecular complexity index is 2020. The van der Waals surface area contributed by atoms with Gasteiger partial charge in [0.2, 0.25) is 0 Å². The molecule has 44 heavy (non-hydrogen) atoms. The van der Waals surface area contributed by atoms with Crippen LogP contribution in [0, 0.1) is 0 Å². The molecule has 1 nitrogen and oxygen atoms in total. The maximum absolute atomic E-state index is 3.82. The van der Waals surface area contributed by atoms with Crippen molar-refractivity contribution in [3.63, 3.8) is 0 Å². The second-order valence-electron chi connectivity index (χ2n) is 11.4. The molecule has 0 radical (unpaired) electrons. The van der Waals surface area contributed by atoms with Gasteiger partial charge in [-0.25, -0.2) is 0 Å². The van der Waals surface area contributed by atoms with E-state index >= 15 is 0 Å². The molecular weight excluding hydrogens is 530 g/mol. The average Bonchev–Trinajstić information content (AvgIpc) is 3.40. The molecule has 1 aliphatic rings. The van der Waals surface area contributed by atoms with E-state index in [1.54, 1.807) is 0 Å². The molecule has 0 amide bonds. The molecule has 1 heteroatoms. The van der Waals surface area contributed by atoms with Crippen LogP contribution in [0.15, 0.2) is 182 Å². The van der Waals surface area contributed by atoms with Gasteiger partial charge in [0.1, 0.15) is 0 Å². The maximum Gasteiger partial charge on any atom is 0.0713 e. The van der Waals surface area contributed by atoms with Crippen LogP contribution < -0.4 is 5.32 Å². The minimum Gasteiger partial charge on any atom is -0.355 e. The lowest BCUT2D eigenvalue weighted by Crippen LogP contribution is -2.28. The summed E-state index contributed by atoms with van der Waals surface area (Å²) in [6, 6.07) is 65.7. The van der Waals surface area contributed by atoms with Gasteiger partial charge < -0.3 is 5.32 Å². The van der Waals surface area contributed by atoms with E-state index < -0.39 is 0 Å². The monoisotopic (exact) mass is 561 g/mol. The minimum atomic E-state index is -0.389. The van der Waals surface area contributed by atoms with Gasteiger partial charge in [-0.1, -0.05) is 158 Å². The van der Waals surface area contributed by atoms with Gasteiger partial charge in [-0.2, -0.15) is 0 Å². The smallest absolute Gasteiger partial charge is 0.0713 e. The van der Waals surface area contributed by atoms with Gasteiger partial charge in [-0.15, -0.1) is 0 Å². The van der Waals surface area contributed by atoms with Gasteiger partial charge in [0.05, 0.1) is 5.41 Å². The van der Waals surface area contributed by atoms with Gasteiger partial charge in [0, 0.05) is 16.9 Å². The fourth-order valence-corrected chi connectivity index (χ4v) is 7.00. The summed E-state index contributed by atoms with van der Waals surface area (Å²) in [5, 5.41) is 3.82. The van der Waals surface area contributed by atoms with Crippen molar-refractivity contribution in [2.24, 2.45) is 0 Å². The highest BCUT2D eigenvalue weighted by Crippen LogP contribution is 2.56. The Morgan fingerprint density at radius 2 is 0.886 bits per heavy atom. The summed E-state index contributed by atoms with van der Waals surface area (Å²) in [6.07, 6.45) is 0. The summed E-state index contributed by atoms with van der Waals surface area (Å²) < 4.78 is 0. The number of anilines is 2. The van der Waals surface area contributed by atoms with E-state index in [-0.39, 0.29) is 5.41 Å². The van der Waals surface area contributed by atoms with E-state index in [4.69, 9.17) is 0 Å². The summed E-state index contributed by atoms with van der Waals surface area (Å²) >= 11 is 0. The predicted molar refractivity (Wildman–Crippen MR) is 184 cm³/mol. The number of hydrogen-bond donors (Lipinski definition) is 1. The molecule has 0 heterocycles. The highest BCUT2D eigenvalue weighted by molar-refractivity contribution is 5.90. The summed E-state index contributed by atoms with van der Waals surface area (Å²) in [5.74, 6) is 0. The molecule has 0 bridgehead atoms. The molecule has 0 aliphatic heterocycles. The number of benzene rings is 7. The van der Waals surface area contributed by atoms with Crippen LogP contribution in [0.25, 0.3) is 33.4 Å². The van der Waals surface area contributed by atoms with Gasteiger partial charge in [0.15, 0.2) is 0 Å². The minimum absolute atomic E-state index is 0.389. The van der Waals surface area contributed by atoms with E-state index in [0.717, 1.165) is 11.4 Å². The van der Waals surface area contributed by atoms with Crippen LogP contribution in [0.3, 0.4) is 0 Å². The molecule has 0 fully saturated rings. The van der Waals surface area contributed by atoms with E-state index in [0.29, 0.717) is 0 Å². The molecule has 8 rings (SSSR count). The summed E-state index contributed by atoms with van der Waals surface area (Å²) in [4.78, 5) is 0. The van der Waals surface area contributed by atoms with Gasteiger partial charge in [-0.05, 0) is 74.3 Å². The van der Waals surface area contributed by atoms with E-state index in [9.17, 15) is 0 Å². The predicted octanol–water partition coefficient (Wildman–Crippen LogP) is 11.1. The Kier molecular flexibility index (Phi) is 6.43. The Hall–Kier alpha value is -5.66. The van der Waals surface area contributed by atoms with Gasteiger partial charge >= 0.3 is 0 Å². The van der Waals surface area contributed by atoms with Crippen LogP contribution in [0.5, 0.6) is 0 Å². The van der Waals surface area contributed by atoms with Crippen molar-refractivity contribution in [3.05, 3.63) is 204 Å². The molecule has 0 atom stereocenters. The zero-order valence-corrected chi connectivity index (χ0v) is 24.3. The average molecular weight is 562 g/mol. The molecule has 0 saturated heterocycles. The molecule has 1 N–H and O–H groups in total. The Morgan fingerprint density at radius 3 is 1.55 bits per heavy atom. The van der Waals surface area contributed by atoms with E-state index in [2.05, 4.69) is 187 Å². The second-order valence-corrected chi connectivity index (χ2v) is 11.4. The topological polar surface area (TPSA) is 12.0 Å². The summed E-state index contributed by atoms with van der Waals surface area (Å²) in [5.41, 5.74) is 14.3. The van der Waals surface area contributed by atoms with Crippen molar-refractivity contribution < 1.29 is 0 Å². The number of fused-ring (bicyclic) bond motifs is 3. The number of nitrogens with one attached hydrogen (secondary N) is 1. The van der Waals surface area contributed by atoms with E-state index in [1.807, 2.05) is 0 Å². The number of hydrogen-bond acceptors (Lipinski definition) is 1. The first-order valence-electron chi connectivity index (χ1n) is 15.2. The normalized spacial score (nSPS) is 12.7. The molecular formula is C43H31N. The number of rotatable bonds is 6. The first kappa shape index (κ1) is 26.0.